The largest absolute Gasteiger partial charge is 0.310 e. The van der Waals surface area contributed by atoms with E-state index >= 15 is 0 Å². The van der Waals surface area contributed by atoms with Crippen LogP contribution in [0.15, 0.2) is 46.1 Å². The number of halogens is 2. The Kier molecular flexibility index (Phi) is 5.60. The van der Waals surface area contributed by atoms with Gasteiger partial charge in [-0.1, -0.05) is 29.3 Å². The maximum Gasteiger partial charge on any atom is 0.270 e. The molecular weight excluding hydrogens is 437 g/mol. The van der Waals surface area contributed by atoms with Crippen molar-refractivity contribution >= 4 is 34.4 Å². The van der Waals surface area contributed by atoms with E-state index in [1.807, 2.05) is 18.2 Å². The molecule has 1 N–H and O–H groups in total. The number of rotatable bonds is 5. The summed E-state index contributed by atoms with van der Waals surface area (Å²) < 4.78 is 3.43. The Morgan fingerprint density at radius 1 is 1.03 bits per heavy atom. The van der Waals surface area contributed by atoms with E-state index in [2.05, 4.69) is 15.2 Å². The number of aromatic nitrogens is 3. The van der Waals surface area contributed by atoms with Gasteiger partial charge in [-0.2, -0.15) is 0 Å². The molecule has 0 aliphatic carbocycles. The van der Waals surface area contributed by atoms with E-state index in [1.165, 1.54) is 12.3 Å². The first-order valence-electron chi connectivity index (χ1n) is 10.5. The average molecular weight is 460 g/mol. The summed E-state index contributed by atoms with van der Waals surface area (Å²) in [5, 5.41) is 4.76. The summed E-state index contributed by atoms with van der Waals surface area (Å²) in [6.45, 7) is 3.92. The summed E-state index contributed by atoms with van der Waals surface area (Å²) in [4.78, 5) is 31.4. The molecule has 9 heteroatoms. The second-order valence-corrected chi connectivity index (χ2v) is 9.13. The molecule has 31 heavy (non-hydrogen) atoms. The number of nitrogens with zero attached hydrogens (tertiary/aromatic N) is 4. The van der Waals surface area contributed by atoms with Crippen LogP contribution < -0.4 is 16.4 Å². The molecule has 7 nitrogen and oxygen atoms in total. The molecular formula is C22H23Cl2N5O2. The number of likely N-dealkylation sites (tertiary alicyclic amines) is 1. The van der Waals surface area contributed by atoms with Crippen molar-refractivity contribution in [3.05, 3.63) is 72.8 Å². The van der Waals surface area contributed by atoms with Gasteiger partial charge in [0.05, 0.1) is 22.3 Å². The minimum atomic E-state index is -0.146. The lowest BCUT2D eigenvalue weighted by Gasteiger charge is -2.34. The Labute approximate surface area is 189 Å². The van der Waals surface area contributed by atoms with Crippen molar-refractivity contribution in [1.82, 2.24) is 24.3 Å². The van der Waals surface area contributed by atoms with Gasteiger partial charge in [0.15, 0.2) is 0 Å². The monoisotopic (exact) mass is 459 g/mol. The third-order valence-electron chi connectivity index (χ3n) is 6.31. The molecule has 0 amide bonds. The van der Waals surface area contributed by atoms with E-state index in [0.29, 0.717) is 33.8 Å². The van der Waals surface area contributed by atoms with Crippen molar-refractivity contribution in [2.24, 2.45) is 0 Å². The molecule has 5 rings (SSSR count). The molecule has 2 aliphatic heterocycles. The van der Waals surface area contributed by atoms with Crippen LogP contribution in [0.4, 0.5) is 0 Å². The molecule has 0 saturated carbocycles. The van der Waals surface area contributed by atoms with Gasteiger partial charge in [-0.25, -0.2) is 4.98 Å². The number of benzene rings is 1. The van der Waals surface area contributed by atoms with Crippen LogP contribution in [0.1, 0.15) is 24.4 Å². The summed E-state index contributed by atoms with van der Waals surface area (Å²) in [6.07, 6.45) is 3.41. The lowest BCUT2D eigenvalue weighted by atomic mass is 10.0. The molecule has 0 spiro atoms. The predicted molar refractivity (Wildman–Crippen MR) is 122 cm³/mol. The molecule has 1 saturated heterocycles. The first kappa shape index (κ1) is 20.7. The lowest BCUT2D eigenvalue weighted by Crippen LogP contribution is -2.44. The Hall–Kier alpha value is -2.19. The van der Waals surface area contributed by atoms with Gasteiger partial charge in [0.2, 0.25) is 0 Å². The highest BCUT2D eigenvalue weighted by atomic mass is 35.5. The number of hydrogen-bond acceptors (Lipinski definition) is 5. The molecule has 4 heterocycles. The second kappa shape index (κ2) is 8.39. The topological polar surface area (TPSA) is 72.2 Å². The smallest absolute Gasteiger partial charge is 0.270 e. The van der Waals surface area contributed by atoms with Crippen molar-refractivity contribution in [3.8, 4) is 0 Å². The number of pyridine rings is 1. The van der Waals surface area contributed by atoms with E-state index in [4.69, 9.17) is 23.2 Å². The molecule has 1 fully saturated rings. The minimum Gasteiger partial charge on any atom is -0.310 e. The van der Waals surface area contributed by atoms with Crippen LogP contribution in [-0.2, 0) is 13.1 Å². The van der Waals surface area contributed by atoms with Crippen LogP contribution in [0.25, 0.3) is 11.2 Å². The predicted octanol–water partition coefficient (Wildman–Crippen LogP) is 2.67. The molecule has 1 unspecified atom stereocenters. The summed E-state index contributed by atoms with van der Waals surface area (Å²) in [7, 11) is 0. The van der Waals surface area contributed by atoms with Crippen LogP contribution in [0.3, 0.4) is 0 Å². The van der Waals surface area contributed by atoms with Crippen LogP contribution in [0, 0.1) is 0 Å². The summed E-state index contributed by atoms with van der Waals surface area (Å²) in [5.74, 6) is 0. The molecule has 3 aromatic rings. The highest BCUT2D eigenvalue weighted by Gasteiger charge is 2.29. The Balaban J connectivity index is 1.21. The third kappa shape index (κ3) is 4.03. The van der Waals surface area contributed by atoms with Crippen molar-refractivity contribution in [1.29, 1.82) is 0 Å². The molecule has 2 aromatic heterocycles. The minimum absolute atomic E-state index is 0.0474. The van der Waals surface area contributed by atoms with Crippen molar-refractivity contribution in [2.75, 3.05) is 19.6 Å². The van der Waals surface area contributed by atoms with Gasteiger partial charge in [-0.05, 0) is 49.7 Å². The van der Waals surface area contributed by atoms with Crippen molar-refractivity contribution < 1.29 is 0 Å². The second-order valence-electron chi connectivity index (χ2n) is 8.32. The van der Waals surface area contributed by atoms with Gasteiger partial charge in [0, 0.05) is 31.7 Å². The van der Waals surface area contributed by atoms with Crippen LogP contribution in [0.2, 0.25) is 10.0 Å². The Bertz CT molecular complexity index is 1240. The maximum atomic E-state index is 12.5. The molecule has 1 atom stereocenters. The highest BCUT2D eigenvalue weighted by molar-refractivity contribution is 6.42. The van der Waals surface area contributed by atoms with Crippen LogP contribution >= 0.6 is 23.2 Å². The fourth-order valence-corrected chi connectivity index (χ4v) is 5.01. The quantitative estimate of drug-likeness (QED) is 0.634. The lowest BCUT2D eigenvalue weighted by molar-refractivity contribution is 0.171. The molecule has 2 aliphatic rings. The standard InChI is InChI=1S/C22H23Cl2N5O2/c23-17-2-1-14(9-18(17)24)10-25-15-5-7-27(8-6-15)12-16-13-28-20(30)4-3-19-22(28)29(16)21(31)11-26-19/h1-4,9,11,15-16,25H,5-8,10,12-13H2. The van der Waals surface area contributed by atoms with Crippen LogP contribution in [0.5, 0.6) is 0 Å². The van der Waals surface area contributed by atoms with Gasteiger partial charge in [-0.15, -0.1) is 0 Å². The number of nitrogens with one attached hydrogen (secondary N) is 1. The zero-order valence-electron chi connectivity index (χ0n) is 16.9. The van der Waals surface area contributed by atoms with Gasteiger partial charge < -0.3 is 10.2 Å². The first-order chi connectivity index (χ1) is 15.0. The normalized spacial score (nSPS) is 19.4. The molecule has 0 bridgehead atoms. The first-order valence-corrected chi connectivity index (χ1v) is 11.3. The maximum absolute atomic E-state index is 12.5. The summed E-state index contributed by atoms with van der Waals surface area (Å²) in [5.41, 5.74) is 2.22. The van der Waals surface area contributed by atoms with Gasteiger partial charge >= 0.3 is 0 Å². The van der Waals surface area contributed by atoms with Crippen LogP contribution in [-0.4, -0.2) is 44.7 Å². The zero-order chi connectivity index (χ0) is 21.5. The molecule has 0 radical (unpaired) electrons. The summed E-state index contributed by atoms with van der Waals surface area (Å²) >= 11 is 12.1. The van der Waals surface area contributed by atoms with Gasteiger partial charge in [0.1, 0.15) is 11.2 Å². The van der Waals surface area contributed by atoms with Crippen molar-refractivity contribution in [2.45, 2.75) is 38.0 Å². The molecule has 162 valence electrons. The Morgan fingerprint density at radius 3 is 2.61 bits per heavy atom. The zero-order valence-corrected chi connectivity index (χ0v) is 18.4. The number of hydrogen-bond donors (Lipinski definition) is 1. The van der Waals surface area contributed by atoms with Gasteiger partial charge in [-0.3, -0.25) is 18.7 Å². The number of piperidine rings is 1. The average Bonchev–Trinajstić information content (AvgIpc) is 3.15. The van der Waals surface area contributed by atoms with E-state index in [-0.39, 0.29) is 17.2 Å². The Morgan fingerprint density at radius 2 is 1.84 bits per heavy atom. The highest BCUT2D eigenvalue weighted by Crippen LogP contribution is 2.25. The van der Waals surface area contributed by atoms with E-state index in [1.54, 1.807) is 15.2 Å². The van der Waals surface area contributed by atoms with Crippen molar-refractivity contribution in [3.63, 3.8) is 0 Å². The molecule has 1 aromatic carbocycles. The third-order valence-corrected chi connectivity index (χ3v) is 7.05. The van der Waals surface area contributed by atoms with Gasteiger partial charge in [0.25, 0.3) is 11.1 Å². The van der Waals surface area contributed by atoms with E-state index in [0.717, 1.165) is 44.6 Å². The fourth-order valence-electron chi connectivity index (χ4n) is 4.69. The SMILES string of the molecule is O=c1ccc2ncc(=O)n3c2n1CC3CN1CCC(NCc2ccc(Cl)c(Cl)c2)CC1. The fraction of sp³-hybridized carbons (Fsp3) is 0.409. The van der Waals surface area contributed by atoms with E-state index < -0.39 is 0 Å². The van der Waals surface area contributed by atoms with E-state index in [9.17, 15) is 9.59 Å². The summed E-state index contributed by atoms with van der Waals surface area (Å²) in [6, 6.07) is 9.32.